The van der Waals surface area contributed by atoms with E-state index in [1.807, 2.05) is 0 Å². The zero-order valence-corrected chi connectivity index (χ0v) is 5.41. The van der Waals surface area contributed by atoms with Crippen molar-refractivity contribution in [3.8, 4) is 0 Å². The van der Waals surface area contributed by atoms with Crippen molar-refractivity contribution in [1.29, 1.82) is 0 Å². The van der Waals surface area contributed by atoms with E-state index in [0.717, 1.165) is 0 Å². The second-order valence-electron chi connectivity index (χ2n) is 0. The normalized spacial score (nSPS) is 0. The van der Waals surface area contributed by atoms with Gasteiger partial charge in [0, 0.05) is 44.1 Å². The van der Waals surface area contributed by atoms with E-state index in [1.165, 1.54) is 0 Å². The Balaban J connectivity index is 0. The Bertz CT molecular complexity index is 8.00. The monoisotopic (exact) mass is 188 g/mol. The first-order valence-corrected chi connectivity index (χ1v) is 0. The third kappa shape index (κ3) is 9.04. The Morgan fingerprint density at radius 2 is 1.00 bits per heavy atom. The van der Waals surface area contributed by atoms with E-state index in [-0.39, 0.29) is 67.6 Å². The van der Waals surface area contributed by atoms with Crippen LogP contribution < -0.4 is 6.15 Å². The molecule has 0 aromatic heterocycles. The molecule has 0 spiro atoms. The van der Waals surface area contributed by atoms with Gasteiger partial charge in [0.25, 0.3) is 0 Å². The maximum absolute atomic E-state index is 0. The quantitative estimate of drug-likeness (QED) is 0.484. The van der Waals surface area contributed by atoms with Crippen LogP contribution >= 0.6 is 0 Å². The van der Waals surface area contributed by atoms with E-state index >= 15 is 0 Å². The summed E-state index contributed by atoms with van der Waals surface area (Å²) < 4.78 is 0. The molecule has 4 heavy (non-hydrogen) atoms. The molecule has 0 aliphatic rings. The average Bonchev–Trinajstić information content (AvgIpc) is 0. The fourth-order valence-corrected chi connectivity index (χ4v) is 0. The van der Waals surface area contributed by atoms with Crippen LogP contribution in [0, 0.1) is 0 Å². The van der Waals surface area contributed by atoms with E-state index in [2.05, 4.69) is 0 Å². The third-order valence-electron chi connectivity index (χ3n) is 0. The van der Waals surface area contributed by atoms with E-state index in [1.54, 1.807) is 0 Å². The van der Waals surface area contributed by atoms with Gasteiger partial charge < -0.3 is 6.15 Å². The molecule has 1 nitrogen and oxygen atoms in total. The standard InChI is InChI=1S/Al.H3N.Nb.Ti.3H/h;1H3;;;;;. The summed E-state index contributed by atoms with van der Waals surface area (Å²) in [5.41, 5.74) is 0. The molecule has 0 fully saturated rings. The first-order chi connectivity index (χ1) is 0. The molecule has 0 saturated carbocycles. The van der Waals surface area contributed by atoms with Crippen molar-refractivity contribution in [2.45, 2.75) is 0 Å². The fourth-order valence-electron chi connectivity index (χ4n) is 0. The molecule has 4 heteroatoms. The minimum atomic E-state index is 0. The van der Waals surface area contributed by atoms with E-state index in [0.29, 0.717) is 0 Å². The van der Waals surface area contributed by atoms with Crippen molar-refractivity contribution >= 4 is 17.4 Å². The molecule has 0 heterocycles. The van der Waals surface area contributed by atoms with Gasteiger partial charge in [0.15, 0.2) is 17.4 Å². The molecule has 1 radical (unpaired) electrons. The summed E-state index contributed by atoms with van der Waals surface area (Å²) in [6.45, 7) is 0. The zero-order valence-electron chi connectivity index (χ0n) is 1.65. The Morgan fingerprint density at radius 1 is 1.00 bits per heavy atom. The molecular formula is H6AlNNbTi. The van der Waals surface area contributed by atoms with Crippen LogP contribution in [0.2, 0.25) is 0 Å². The summed E-state index contributed by atoms with van der Waals surface area (Å²) in [6, 6.07) is 0. The molecular weight excluding hydrogens is 182 g/mol. The molecule has 0 aromatic rings. The smallest absolute Gasteiger partial charge is 0.187 e. The SMILES string of the molecule is N.[AlH3].[Nb].[Ti]. The molecule has 0 aromatic carbocycles. The maximum Gasteiger partial charge on any atom is 0.187 e. The molecule has 0 bridgehead atoms. The van der Waals surface area contributed by atoms with Crippen molar-refractivity contribution in [3.05, 3.63) is 0 Å². The van der Waals surface area contributed by atoms with E-state index < -0.39 is 0 Å². The summed E-state index contributed by atoms with van der Waals surface area (Å²) in [5, 5.41) is 0. The largest absolute Gasteiger partial charge is 0.344 e. The topological polar surface area (TPSA) is 35.0 Å². The molecule has 0 atom stereocenters. The van der Waals surface area contributed by atoms with Crippen LogP contribution in [-0.4, -0.2) is 17.4 Å². The van der Waals surface area contributed by atoms with Crippen molar-refractivity contribution in [1.82, 2.24) is 6.15 Å². The maximum atomic E-state index is 0. The van der Waals surface area contributed by atoms with Crippen LogP contribution in [0.5, 0.6) is 0 Å². The molecule has 23 valence electrons. The molecule has 0 aliphatic heterocycles. The second-order valence-corrected chi connectivity index (χ2v) is 0. The predicted molar refractivity (Wildman–Crippen MR) is 15.0 cm³/mol. The van der Waals surface area contributed by atoms with Crippen LogP contribution in [0.1, 0.15) is 0 Å². The molecule has 0 saturated heterocycles. The molecule has 0 amide bonds. The summed E-state index contributed by atoms with van der Waals surface area (Å²) in [5.74, 6) is 0. The first kappa shape index (κ1) is 38.4. The van der Waals surface area contributed by atoms with Gasteiger partial charge in [-0.1, -0.05) is 0 Å². The van der Waals surface area contributed by atoms with Gasteiger partial charge >= 0.3 is 0 Å². The number of hydrogen-bond donors (Lipinski definition) is 1. The molecule has 0 rings (SSSR count). The summed E-state index contributed by atoms with van der Waals surface area (Å²) in [7, 11) is 0. The summed E-state index contributed by atoms with van der Waals surface area (Å²) in [4.78, 5) is 0. The minimum Gasteiger partial charge on any atom is -0.344 e. The summed E-state index contributed by atoms with van der Waals surface area (Å²) in [6.07, 6.45) is 0. The number of rotatable bonds is 0. The Kier molecular flexibility index (Phi) is 195. The number of hydrogen-bond acceptors (Lipinski definition) is 1. The van der Waals surface area contributed by atoms with Gasteiger partial charge in [-0.25, -0.2) is 0 Å². The van der Waals surface area contributed by atoms with Crippen molar-refractivity contribution < 1.29 is 44.1 Å². The molecule has 3 N–H and O–H groups in total. The van der Waals surface area contributed by atoms with Crippen molar-refractivity contribution in [3.63, 3.8) is 0 Å². The first-order valence-electron chi connectivity index (χ1n) is 0. The van der Waals surface area contributed by atoms with Crippen LogP contribution in [-0.2, 0) is 44.1 Å². The van der Waals surface area contributed by atoms with Gasteiger partial charge in [-0.2, -0.15) is 0 Å². The Hall–Kier alpha value is 1.95. The zero-order chi connectivity index (χ0) is 0. The second kappa shape index (κ2) is 20.3. The van der Waals surface area contributed by atoms with Gasteiger partial charge in [-0.15, -0.1) is 0 Å². The Labute approximate surface area is 67.0 Å². The van der Waals surface area contributed by atoms with Gasteiger partial charge in [-0.05, 0) is 0 Å². The molecule has 0 unspecified atom stereocenters. The third-order valence-corrected chi connectivity index (χ3v) is 0. The fraction of sp³-hybridized carbons (Fsp3) is 0. The van der Waals surface area contributed by atoms with E-state index in [4.69, 9.17) is 0 Å². The summed E-state index contributed by atoms with van der Waals surface area (Å²) >= 11 is 0. The van der Waals surface area contributed by atoms with Crippen LogP contribution in [0.3, 0.4) is 0 Å². The van der Waals surface area contributed by atoms with Crippen molar-refractivity contribution in [2.75, 3.05) is 0 Å². The molecule has 0 aliphatic carbocycles. The van der Waals surface area contributed by atoms with E-state index in [9.17, 15) is 0 Å². The Morgan fingerprint density at radius 3 is 1.00 bits per heavy atom. The van der Waals surface area contributed by atoms with Crippen LogP contribution in [0.4, 0.5) is 0 Å². The minimum absolute atomic E-state index is 0. The predicted octanol–water partition coefficient (Wildman–Crippen LogP) is -1.03. The van der Waals surface area contributed by atoms with Crippen molar-refractivity contribution in [2.24, 2.45) is 0 Å². The van der Waals surface area contributed by atoms with Gasteiger partial charge in [0.2, 0.25) is 0 Å². The van der Waals surface area contributed by atoms with Gasteiger partial charge in [0.1, 0.15) is 0 Å². The van der Waals surface area contributed by atoms with Gasteiger partial charge in [-0.3, -0.25) is 0 Å². The van der Waals surface area contributed by atoms with Crippen LogP contribution in [0.15, 0.2) is 0 Å². The average molecular weight is 188 g/mol. The van der Waals surface area contributed by atoms with Gasteiger partial charge in [0.05, 0.1) is 0 Å². The van der Waals surface area contributed by atoms with Crippen LogP contribution in [0.25, 0.3) is 0 Å².